The van der Waals surface area contributed by atoms with Crippen LogP contribution in [0.25, 0.3) is 11.1 Å². The number of ether oxygens (including phenoxy) is 1. The van der Waals surface area contributed by atoms with Gasteiger partial charge in [0.25, 0.3) is 0 Å². The highest BCUT2D eigenvalue weighted by Crippen LogP contribution is 2.40. The van der Waals surface area contributed by atoms with Crippen LogP contribution in [0.4, 0.5) is 5.82 Å². The van der Waals surface area contributed by atoms with Gasteiger partial charge < -0.3 is 10.1 Å². The molecule has 1 fully saturated rings. The highest BCUT2D eigenvalue weighted by Gasteiger charge is 2.27. The van der Waals surface area contributed by atoms with Crippen LogP contribution in [0.15, 0.2) is 55.0 Å². The zero-order chi connectivity index (χ0) is 19.6. The second-order valence-corrected chi connectivity index (χ2v) is 7.90. The Morgan fingerprint density at radius 3 is 2.72 bits per heavy atom. The minimum atomic E-state index is 0.231. The number of fused-ring (bicyclic) bond motifs is 1. The maximum absolute atomic E-state index is 5.60. The van der Waals surface area contributed by atoms with E-state index in [2.05, 4.69) is 39.5 Å². The minimum absolute atomic E-state index is 0.231. The third kappa shape index (κ3) is 3.58. The van der Waals surface area contributed by atoms with Crippen LogP contribution >= 0.6 is 0 Å². The molecule has 0 amide bonds. The molecule has 5 rings (SSSR count). The van der Waals surface area contributed by atoms with Gasteiger partial charge in [-0.05, 0) is 49.7 Å². The molecule has 1 unspecified atom stereocenters. The molecule has 1 N–H and O–H groups in total. The Hall–Kier alpha value is -2.92. The number of nitrogens with zero attached hydrogens (tertiary/aromatic N) is 3. The van der Waals surface area contributed by atoms with Crippen molar-refractivity contribution in [3.63, 3.8) is 0 Å². The van der Waals surface area contributed by atoms with Crippen molar-refractivity contribution < 1.29 is 4.74 Å². The molecule has 2 aliphatic rings. The number of nitrogens with one attached hydrogen (secondary N) is 1. The molecule has 5 nitrogen and oxygen atoms in total. The number of aromatic nitrogens is 2. The van der Waals surface area contributed by atoms with Crippen LogP contribution in [0.3, 0.4) is 0 Å². The summed E-state index contributed by atoms with van der Waals surface area (Å²) in [4.78, 5) is 11.7. The second-order valence-electron chi connectivity index (χ2n) is 7.90. The Labute approximate surface area is 171 Å². The number of methoxy groups -OCH3 is 1. The molecule has 148 valence electrons. The fraction of sp³-hybridized carbons (Fsp3) is 0.333. The number of pyridine rings is 2. The molecule has 1 aromatic carbocycles. The Balaban J connectivity index is 1.46. The Morgan fingerprint density at radius 2 is 1.86 bits per heavy atom. The standard InChI is InChI=1S/C24H26N4O/c1-29-23-7-3-2-6-20(23)22-15-27-24-21(22)11-19(14-26-24)18-10-17(12-25-13-18)16-28-8-4-5-9-28/h2-3,6-7,10-14,22H,4-5,8-9,15-16H2,1H3,(H,26,27). The van der Waals surface area contributed by atoms with E-state index in [9.17, 15) is 0 Å². The van der Waals surface area contributed by atoms with Crippen LogP contribution in [0.2, 0.25) is 0 Å². The molecule has 4 heterocycles. The first kappa shape index (κ1) is 18.1. The summed E-state index contributed by atoms with van der Waals surface area (Å²) in [7, 11) is 1.73. The molecule has 0 aliphatic carbocycles. The normalized spacial score (nSPS) is 18.4. The van der Waals surface area contributed by atoms with Gasteiger partial charge in [-0.15, -0.1) is 0 Å². The van der Waals surface area contributed by atoms with Crippen LogP contribution in [0, 0.1) is 0 Å². The lowest BCUT2D eigenvalue weighted by atomic mass is 9.92. The summed E-state index contributed by atoms with van der Waals surface area (Å²) in [5.41, 5.74) is 5.92. The van der Waals surface area contributed by atoms with Gasteiger partial charge in [0, 0.05) is 59.9 Å². The monoisotopic (exact) mass is 386 g/mol. The number of anilines is 1. The summed E-state index contributed by atoms with van der Waals surface area (Å²) in [5.74, 6) is 2.12. The molecule has 29 heavy (non-hydrogen) atoms. The van der Waals surface area contributed by atoms with Crippen molar-refractivity contribution in [1.29, 1.82) is 0 Å². The quantitative estimate of drug-likeness (QED) is 0.708. The van der Waals surface area contributed by atoms with Gasteiger partial charge in [0.15, 0.2) is 0 Å². The second kappa shape index (κ2) is 7.84. The number of rotatable bonds is 5. The van der Waals surface area contributed by atoms with E-state index in [1.165, 1.54) is 42.6 Å². The van der Waals surface area contributed by atoms with Crippen LogP contribution in [-0.2, 0) is 6.54 Å². The third-order valence-electron chi connectivity index (χ3n) is 6.01. The maximum atomic E-state index is 5.60. The molecule has 0 bridgehead atoms. The molecule has 5 heteroatoms. The molecule has 0 radical (unpaired) electrons. The average Bonchev–Trinajstić information content (AvgIpc) is 3.43. The molecular weight excluding hydrogens is 360 g/mol. The molecule has 3 aromatic rings. The molecule has 2 aromatic heterocycles. The van der Waals surface area contributed by atoms with Crippen molar-refractivity contribution >= 4 is 5.82 Å². The highest BCUT2D eigenvalue weighted by atomic mass is 16.5. The Kier molecular flexibility index (Phi) is 4.90. The molecular formula is C24H26N4O. The summed E-state index contributed by atoms with van der Waals surface area (Å²) >= 11 is 0. The van der Waals surface area contributed by atoms with E-state index < -0.39 is 0 Å². The zero-order valence-corrected chi connectivity index (χ0v) is 16.8. The van der Waals surface area contributed by atoms with Gasteiger partial charge in [0.05, 0.1) is 7.11 Å². The molecule has 1 atom stereocenters. The van der Waals surface area contributed by atoms with E-state index in [1.54, 1.807) is 7.11 Å². The predicted molar refractivity (Wildman–Crippen MR) is 115 cm³/mol. The van der Waals surface area contributed by atoms with E-state index in [1.807, 2.05) is 30.7 Å². The lowest BCUT2D eigenvalue weighted by Crippen LogP contribution is -2.18. The number of likely N-dealkylation sites (tertiary alicyclic amines) is 1. The van der Waals surface area contributed by atoms with Crippen molar-refractivity contribution in [2.75, 3.05) is 32.1 Å². The fourth-order valence-electron chi connectivity index (χ4n) is 4.52. The van der Waals surface area contributed by atoms with Gasteiger partial charge in [-0.3, -0.25) is 9.88 Å². The van der Waals surface area contributed by atoms with Gasteiger partial charge in [-0.25, -0.2) is 4.98 Å². The van der Waals surface area contributed by atoms with Crippen LogP contribution < -0.4 is 10.1 Å². The number of hydrogen-bond acceptors (Lipinski definition) is 5. The minimum Gasteiger partial charge on any atom is -0.496 e. The average molecular weight is 386 g/mol. The van der Waals surface area contributed by atoms with Crippen molar-refractivity contribution in [2.45, 2.75) is 25.3 Å². The smallest absolute Gasteiger partial charge is 0.129 e. The first-order valence-electron chi connectivity index (χ1n) is 10.4. The SMILES string of the molecule is COc1ccccc1C1CNc2ncc(-c3cncc(CN4CCCC4)c3)cc21. The van der Waals surface area contributed by atoms with Gasteiger partial charge in [0.1, 0.15) is 11.6 Å². The first-order valence-corrected chi connectivity index (χ1v) is 10.4. The summed E-state index contributed by atoms with van der Waals surface area (Å²) < 4.78 is 5.60. The van der Waals surface area contributed by atoms with E-state index in [0.717, 1.165) is 35.8 Å². The van der Waals surface area contributed by atoms with E-state index in [-0.39, 0.29) is 5.92 Å². The van der Waals surface area contributed by atoms with Gasteiger partial charge in [-0.2, -0.15) is 0 Å². The number of benzene rings is 1. The predicted octanol–water partition coefficient (Wildman–Crippen LogP) is 4.31. The topological polar surface area (TPSA) is 50.3 Å². The Bertz CT molecular complexity index is 1010. The van der Waals surface area contributed by atoms with Crippen LogP contribution in [0.1, 0.15) is 35.4 Å². The third-order valence-corrected chi connectivity index (χ3v) is 6.01. The van der Waals surface area contributed by atoms with Crippen LogP contribution in [-0.4, -0.2) is 41.6 Å². The highest BCUT2D eigenvalue weighted by molar-refractivity contribution is 5.69. The van der Waals surface area contributed by atoms with Crippen molar-refractivity contribution in [3.8, 4) is 16.9 Å². The van der Waals surface area contributed by atoms with E-state index in [0.29, 0.717) is 0 Å². The molecule has 0 spiro atoms. The summed E-state index contributed by atoms with van der Waals surface area (Å²) in [6.07, 6.45) is 8.49. The van der Waals surface area contributed by atoms with Crippen molar-refractivity contribution in [2.24, 2.45) is 0 Å². The van der Waals surface area contributed by atoms with Gasteiger partial charge in [-0.1, -0.05) is 18.2 Å². The first-order chi connectivity index (χ1) is 14.3. The fourth-order valence-corrected chi connectivity index (χ4v) is 4.52. The molecule has 0 saturated carbocycles. The number of hydrogen-bond donors (Lipinski definition) is 1. The summed E-state index contributed by atoms with van der Waals surface area (Å²) in [6, 6.07) is 12.8. The van der Waals surface area contributed by atoms with Crippen LogP contribution in [0.5, 0.6) is 5.75 Å². The zero-order valence-electron chi connectivity index (χ0n) is 16.8. The largest absolute Gasteiger partial charge is 0.496 e. The van der Waals surface area contributed by atoms with Gasteiger partial charge >= 0.3 is 0 Å². The van der Waals surface area contributed by atoms with Gasteiger partial charge in [0.2, 0.25) is 0 Å². The Morgan fingerprint density at radius 1 is 1.03 bits per heavy atom. The number of para-hydroxylation sites is 1. The maximum Gasteiger partial charge on any atom is 0.129 e. The lowest BCUT2D eigenvalue weighted by Gasteiger charge is -2.16. The van der Waals surface area contributed by atoms with E-state index >= 15 is 0 Å². The van der Waals surface area contributed by atoms with Crippen molar-refractivity contribution in [1.82, 2.24) is 14.9 Å². The van der Waals surface area contributed by atoms with E-state index in [4.69, 9.17) is 9.72 Å². The van der Waals surface area contributed by atoms with Crippen molar-refractivity contribution in [3.05, 3.63) is 71.7 Å². The lowest BCUT2D eigenvalue weighted by molar-refractivity contribution is 0.331. The molecule has 2 aliphatic heterocycles. The summed E-state index contributed by atoms with van der Waals surface area (Å²) in [5, 5.41) is 3.45. The molecule has 1 saturated heterocycles. The summed E-state index contributed by atoms with van der Waals surface area (Å²) in [6.45, 7) is 4.19.